The summed E-state index contributed by atoms with van der Waals surface area (Å²) in [6.45, 7) is 6.06. The van der Waals surface area contributed by atoms with Crippen molar-refractivity contribution in [2.45, 2.75) is 38.7 Å². The number of quaternary nitrogens is 1. The van der Waals surface area contributed by atoms with E-state index in [1.807, 2.05) is 13.8 Å². The molecule has 2 aliphatic heterocycles. The number of rotatable bonds is 5. The lowest BCUT2D eigenvalue weighted by Crippen LogP contribution is -2.86. The fourth-order valence-corrected chi connectivity index (χ4v) is 3.70. The van der Waals surface area contributed by atoms with Gasteiger partial charge in [0.2, 0.25) is 0 Å². The first-order valence-corrected chi connectivity index (χ1v) is 8.89. The lowest BCUT2D eigenvalue weighted by Gasteiger charge is -2.35. The summed E-state index contributed by atoms with van der Waals surface area (Å²) in [5.41, 5.74) is 0.284. The molecule has 0 unspecified atom stereocenters. The number of nitrogens with zero attached hydrogens (tertiary/aromatic N) is 1. The number of fused-ring (bicyclic) bond motifs is 1. The van der Waals surface area contributed by atoms with E-state index in [9.17, 15) is 14.4 Å². The van der Waals surface area contributed by atoms with Crippen LogP contribution in [0, 0.1) is 5.92 Å². The highest BCUT2D eigenvalue weighted by atomic mass is 16.6. The maximum absolute atomic E-state index is 12.3. The highest BCUT2D eigenvalue weighted by Gasteiger charge is 2.37. The van der Waals surface area contributed by atoms with Gasteiger partial charge in [0.25, 0.3) is 11.8 Å². The van der Waals surface area contributed by atoms with Gasteiger partial charge in [-0.3, -0.25) is 19.3 Å². The van der Waals surface area contributed by atoms with E-state index in [1.165, 1.54) is 0 Å². The Morgan fingerprint density at radius 2 is 1.72 bits per heavy atom. The molecule has 1 saturated heterocycles. The van der Waals surface area contributed by atoms with Crippen LogP contribution in [0.15, 0.2) is 24.3 Å². The van der Waals surface area contributed by atoms with Crippen molar-refractivity contribution >= 4 is 17.8 Å². The molecular formula is C19H25N2O4+. The van der Waals surface area contributed by atoms with Gasteiger partial charge in [0, 0.05) is 25.3 Å². The Morgan fingerprint density at radius 3 is 2.28 bits per heavy atom. The molecule has 2 amide bonds. The van der Waals surface area contributed by atoms with E-state index >= 15 is 0 Å². The van der Waals surface area contributed by atoms with Gasteiger partial charge in [0.1, 0.15) is 5.60 Å². The number of hydrogen-bond acceptors (Lipinski definition) is 4. The molecule has 0 saturated carbocycles. The van der Waals surface area contributed by atoms with Crippen molar-refractivity contribution in [1.82, 2.24) is 4.90 Å². The quantitative estimate of drug-likeness (QED) is 0.637. The third-order valence-corrected chi connectivity index (χ3v) is 5.22. The third-order valence-electron chi connectivity index (χ3n) is 5.22. The number of piperidine rings is 1. The topological polar surface area (TPSA) is 80.3 Å². The summed E-state index contributed by atoms with van der Waals surface area (Å²) in [6.07, 6.45) is 2.07. The summed E-state index contributed by atoms with van der Waals surface area (Å²) < 4.78 is 5.68. The van der Waals surface area contributed by atoms with Crippen molar-refractivity contribution in [3.63, 3.8) is 0 Å². The molecule has 1 aromatic rings. The molecule has 0 radical (unpaired) electrons. The lowest BCUT2D eigenvalue weighted by atomic mass is 9.83. The first-order chi connectivity index (χ1) is 11.9. The van der Waals surface area contributed by atoms with Crippen LogP contribution in [0.4, 0.5) is 0 Å². The van der Waals surface area contributed by atoms with Gasteiger partial charge in [-0.15, -0.1) is 0 Å². The second-order valence-corrected chi connectivity index (χ2v) is 7.28. The molecule has 1 fully saturated rings. The van der Waals surface area contributed by atoms with Gasteiger partial charge in [-0.05, 0) is 26.0 Å². The zero-order valence-electron chi connectivity index (χ0n) is 14.8. The molecule has 2 N–H and O–H groups in total. The number of hydrogen-bond donors (Lipinski definition) is 1. The molecule has 2 heterocycles. The van der Waals surface area contributed by atoms with E-state index in [1.54, 1.807) is 24.3 Å². The Balaban J connectivity index is 1.56. The van der Waals surface area contributed by atoms with Gasteiger partial charge in [0.15, 0.2) is 0 Å². The highest BCUT2D eigenvalue weighted by molar-refractivity contribution is 6.21. The van der Waals surface area contributed by atoms with Crippen molar-refractivity contribution in [3.8, 4) is 0 Å². The van der Waals surface area contributed by atoms with E-state index < -0.39 is 5.60 Å². The Labute approximate surface area is 147 Å². The fourth-order valence-electron chi connectivity index (χ4n) is 3.70. The predicted octanol–water partition coefficient (Wildman–Crippen LogP) is 0.968. The second-order valence-electron chi connectivity index (χ2n) is 7.28. The molecule has 25 heavy (non-hydrogen) atoms. The molecule has 3 rings (SSSR count). The molecule has 0 atom stereocenters. The number of benzene rings is 1. The molecular weight excluding hydrogens is 320 g/mol. The van der Waals surface area contributed by atoms with Crippen LogP contribution < -0.4 is 5.32 Å². The average Bonchev–Trinajstić information content (AvgIpc) is 2.85. The van der Waals surface area contributed by atoms with Crippen molar-refractivity contribution < 1.29 is 24.4 Å². The number of nitrogens with two attached hydrogens (primary N) is 1. The summed E-state index contributed by atoms with van der Waals surface area (Å²) in [6, 6.07) is 6.73. The van der Waals surface area contributed by atoms with Crippen molar-refractivity contribution in [3.05, 3.63) is 35.4 Å². The molecule has 134 valence electrons. The van der Waals surface area contributed by atoms with Gasteiger partial charge in [-0.1, -0.05) is 12.1 Å². The largest absolute Gasteiger partial charge is 0.459 e. The normalized spacial score (nSPS) is 18.4. The van der Waals surface area contributed by atoms with Crippen LogP contribution in [0.2, 0.25) is 0 Å². The number of imide groups is 1. The van der Waals surface area contributed by atoms with Crippen LogP contribution in [0.3, 0.4) is 0 Å². The minimum Gasteiger partial charge on any atom is -0.459 e. The van der Waals surface area contributed by atoms with E-state index in [0.29, 0.717) is 17.0 Å². The molecule has 0 aromatic heterocycles. The standard InChI is InChI=1S/C19H24N2O4/c1-19(2,13-7-10-20-11-8-13)25-16(22)9-12-21-17(23)14-5-3-4-6-15(14)18(21)24/h3-6,13,20H,7-12H2,1-2H3/p+1. The molecule has 6 heteroatoms. The number of esters is 1. The Bertz CT molecular complexity index is 657. The fraction of sp³-hybridized carbons (Fsp3) is 0.526. The Kier molecular flexibility index (Phi) is 4.90. The molecule has 0 aliphatic carbocycles. The Morgan fingerprint density at radius 1 is 1.16 bits per heavy atom. The van der Waals surface area contributed by atoms with Gasteiger partial charge >= 0.3 is 5.97 Å². The lowest BCUT2D eigenvalue weighted by molar-refractivity contribution is -0.665. The molecule has 0 spiro atoms. The van der Waals surface area contributed by atoms with Crippen LogP contribution in [-0.2, 0) is 9.53 Å². The van der Waals surface area contributed by atoms with Crippen molar-refractivity contribution in [2.75, 3.05) is 19.6 Å². The van der Waals surface area contributed by atoms with Crippen LogP contribution in [-0.4, -0.2) is 47.9 Å². The van der Waals surface area contributed by atoms with Gasteiger partial charge in [0.05, 0.1) is 30.6 Å². The summed E-state index contributed by atoms with van der Waals surface area (Å²) >= 11 is 0. The number of carbonyl (C=O) groups is 3. The third kappa shape index (κ3) is 3.58. The molecule has 6 nitrogen and oxygen atoms in total. The predicted molar refractivity (Wildman–Crippen MR) is 91.0 cm³/mol. The number of amides is 2. The van der Waals surface area contributed by atoms with E-state index in [-0.39, 0.29) is 30.7 Å². The minimum absolute atomic E-state index is 0.0216. The van der Waals surface area contributed by atoms with Crippen LogP contribution in [0.25, 0.3) is 0 Å². The summed E-state index contributed by atoms with van der Waals surface area (Å²) in [7, 11) is 0. The zero-order valence-corrected chi connectivity index (χ0v) is 14.8. The molecule has 1 aromatic carbocycles. The SMILES string of the molecule is CC(C)(OC(=O)CCN1C(=O)c2ccccc2C1=O)C1CC[NH2+]CC1. The highest BCUT2D eigenvalue weighted by Crippen LogP contribution is 2.28. The van der Waals surface area contributed by atoms with Crippen molar-refractivity contribution in [2.24, 2.45) is 5.92 Å². The smallest absolute Gasteiger partial charge is 0.308 e. The monoisotopic (exact) mass is 345 g/mol. The van der Waals surface area contributed by atoms with E-state index in [4.69, 9.17) is 4.74 Å². The Hall–Kier alpha value is -2.21. The van der Waals surface area contributed by atoms with Gasteiger partial charge < -0.3 is 10.1 Å². The average molecular weight is 345 g/mol. The second kappa shape index (κ2) is 6.96. The molecule has 2 aliphatic rings. The van der Waals surface area contributed by atoms with Gasteiger partial charge in [-0.2, -0.15) is 0 Å². The maximum Gasteiger partial charge on any atom is 0.308 e. The number of ether oxygens (including phenoxy) is 1. The van der Waals surface area contributed by atoms with Crippen LogP contribution in [0.5, 0.6) is 0 Å². The zero-order chi connectivity index (χ0) is 18.0. The first-order valence-electron chi connectivity index (χ1n) is 8.89. The van der Waals surface area contributed by atoms with E-state index in [2.05, 4.69) is 5.32 Å². The summed E-state index contributed by atoms with van der Waals surface area (Å²) in [4.78, 5) is 38.0. The van der Waals surface area contributed by atoms with E-state index in [0.717, 1.165) is 30.8 Å². The summed E-state index contributed by atoms with van der Waals surface area (Å²) in [5, 5.41) is 2.27. The van der Waals surface area contributed by atoms with Crippen LogP contribution in [0.1, 0.15) is 53.8 Å². The minimum atomic E-state index is -0.521. The van der Waals surface area contributed by atoms with Crippen LogP contribution >= 0.6 is 0 Å². The van der Waals surface area contributed by atoms with Crippen molar-refractivity contribution in [1.29, 1.82) is 0 Å². The first kappa shape index (κ1) is 17.6. The summed E-state index contributed by atoms with van der Waals surface area (Å²) in [5.74, 6) is -0.692. The molecule has 0 bridgehead atoms. The number of carbonyl (C=O) groups excluding carboxylic acids is 3. The van der Waals surface area contributed by atoms with Gasteiger partial charge in [-0.25, -0.2) is 0 Å². The maximum atomic E-state index is 12.3.